The van der Waals surface area contributed by atoms with Gasteiger partial charge in [0.2, 0.25) is 5.91 Å². The molecule has 0 spiro atoms. The number of nitrogens with zero attached hydrogens (tertiary/aromatic N) is 3. The number of hydrogen-bond donors (Lipinski definition) is 2. The molecule has 2 aromatic rings. The molecule has 3 atom stereocenters. The lowest BCUT2D eigenvalue weighted by molar-refractivity contribution is -0.140. The third-order valence-corrected chi connectivity index (χ3v) is 8.83. The number of amides is 3. The average Bonchev–Trinajstić information content (AvgIpc) is 3.56. The Hall–Kier alpha value is -4.22. The molecule has 44 heavy (non-hydrogen) atoms. The second-order valence-corrected chi connectivity index (χ2v) is 11.5. The minimum Gasteiger partial charge on any atom is -0.469 e. The van der Waals surface area contributed by atoms with Crippen LogP contribution in [0.4, 0.5) is 16.2 Å². The van der Waals surface area contributed by atoms with Crippen molar-refractivity contribution in [3.05, 3.63) is 71.3 Å². The highest BCUT2D eigenvalue weighted by atomic mass is 16.6. The Morgan fingerprint density at radius 1 is 1.16 bits per heavy atom. The number of hydrogen-bond acceptors (Lipinski definition) is 8. The molecule has 234 valence electrons. The summed E-state index contributed by atoms with van der Waals surface area (Å²) in [4.78, 5) is 55.6. The summed E-state index contributed by atoms with van der Waals surface area (Å²) in [5.41, 5.74) is 1.63. The Labute approximate surface area is 256 Å². The predicted octanol–water partition coefficient (Wildman–Crippen LogP) is 3.05. The van der Waals surface area contributed by atoms with Gasteiger partial charge in [-0.15, -0.1) is 0 Å². The van der Waals surface area contributed by atoms with Gasteiger partial charge in [0.05, 0.1) is 32.0 Å². The van der Waals surface area contributed by atoms with Crippen LogP contribution in [0.1, 0.15) is 49.3 Å². The van der Waals surface area contributed by atoms with Crippen molar-refractivity contribution in [1.82, 2.24) is 4.90 Å². The maximum Gasteiger partial charge on any atom is 0.414 e. The molecule has 0 radical (unpaired) electrons. The van der Waals surface area contributed by atoms with Gasteiger partial charge in [-0.1, -0.05) is 43.3 Å². The summed E-state index contributed by atoms with van der Waals surface area (Å²) in [6.45, 7) is 2.87. The smallest absolute Gasteiger partial charge is 0.414 e. The molecule has 0 saturated carbocycles. The molecule has 11 nitrogen and oxygen atoms in total. The van der Waals surface area contributed by atoms with Crippen molar-refractivity contribution in [3.8, 4) is 0 Å². The molecule has 11 heteroatoms. The summed E-state index contributed by atoms with van der Waals surface area (Å²) >= 11 is 0. The fourth-order valence-electron chi connectivity index (χ4n) is 6.27. The largest absolute Gasteiger partial charge is 0.469 e. The first kappa shape index (κ1) is 31.2. The third kappa shape index (κ3) is 5.94. The summed E-state index contributed by atoms with van der Waals surface area (Å²) in [6.07, 6.45) is 4.69. The van der Waals surface area contributed by atoms with Gasteiger partial charge in [-0.3, -0.25) is 19.3 Å². The van der Waals surface area contributed by atoms with E-state index in [9.17, 15) is 29.4 Å². The maximum absolute atomic E-state index is 13.9. The summed E-state index contributed by atoms with van der Waals surface area (Å²) < 4.78 is 9.79. The zero-order valence-electron chi connectivity index (χ0n) is 25.1. The SMILES string of the molecule is COC(=O)CCCCN1C(=O)[C@@](O)([C@@H](C)/C=C/CC(=O)N2Cc3ccccc3C[C@H]2CO)c2cc(N3CCOC3=O)ccc21. The van der Waals surface area contributed by atoms with Crippen LogP contribution in [0.2, 0.25) is 0 Å². The molecule has 0 aromatic heterocycles. The first-order valence-corrected chi connectivity index (χ1v) is 15.0. The van der Waals surface area contributed by atoms with Gasteiger partial charge in [-0.2, -0.15) is 0 Å². The van der Waals surface area contributed by atoms with E-state index < -0.39 is 23.5 Å². The number of carbonyl (C=O) groups excluding carboxylic acids is 4. The zero-order chi connectivity index (χ0) is 31.4. The van der Waals surface area contributed by atoms with Crippen LogP contribution >= 0.6 is 0 Å². The van der Waals surface area contributed by atoms with E-state index >= 15 is 0 Å². The lowest BCUT2D eigenvalue weighted by Gasteiger charge is -2.36. The molecule has 3 heterocycles. The van der Waals surface area contributed by atoms with Crippen molar-refractivity contribution in [2.75, 3.05) is 43.2 Å². The monoisotopic (exact) mass is 605 g/mol. The molecule has 0 aliphatic carbocycles. The number of aliphatic hydroxyl groups is 2. The maximum atomic E-state index is 13.9. The zero-order valence-corrected chi connectivity index (χ0v) is 25.1. The van der Waals surface area contributed by atoms with Gasteiger partial charge in [-0.05, 0) is 48.6 Å². The van der Waals surface area contributed by atoms with Crippen molar-refractivity contribution in [3.63, 3.8) is 0 Å². The number of methoxy groups -OCH3 is 1. The molecule has 2 N–H and O–H groups in total. The highest BCUT2D eigenvalue weighted by molar-refractivity contribution is 6.08. The number of esters is 1. The van der Waals surface area contributed by atoms with Crippen LogP contribution in [-0.4, -0.2) is 78.4 Å². The first-order chi connectivity index (χ1) is 21.2. The van der Waals surface area contributed by atoms with Crippen LogP contribution < -0.4 is 9.80 Å². The molecular formula is C33H39N3O8. The van der Waals surface area contributed by atoms with Gasteiger partial charge >= 0.3 is 12.1 Å². The van der Waals surface area contributed by atoms with Crippen molar-refractivity contribution in [2.45, 2.75) is 57.2 Å². The van der Waals surface area contributed by atoms with Crippen molar-refractivity contribution in [1.29, 1.82) is 0 Å². The third-order valence-electron chi connectivity index (χ3n) is 8.83. The number of rotatable bonds is 11. The van der Waals surface area contributed by atoms with E-state index in [1.165, 1.54) is 16.9 Å². The Kier molecular flexibility index (Phi) is 9.36. The van der Waals surface area contributed by atoms with Gasteiger partial charge in [0.15, 0.2) is 5.60 Å². The molecule has 0 unspecified atom stereocenters. The fourth-order valence-corrected chi connectivity index (χ4v) is 6.27. The average molecular weight is 606 g/mol. The van der Waals surface area contributed by atoms with Gasteiger partial charge in [0, 0.05) is 43.1 Å². The second kappa shape index (κ2) is 13.2. The number of unbranched alkanes of at least 4 members (excludes halogenated alkanes) is 1. The summed E-state index contributed by atoms with van der Waals surface area (Å²) in [5, 5.41) is 22.1. The molecule has 3 aliphatic rings. The van der Waals surface area contributed by atoms with Crippen LogP contribution in [0.25, 0.3) is 0 Å². The highest BCUT2D eigenvalue weighted by Gasteiger charge is 2.52. The second-order valence-electron chi connectivity index (χ2n) is 11.5. The molecule has 5 rings (SSSR count). The van der Waals surface area contributed by atoms with Crippen molar-refractivity contribution < 1.29 is 38.9 Å². The van der Waals surface area contributed by atoms with E-state index in [1.807, 2.05) is 24.3 Å². The Morgan fingerprint density at radius 3 is 2.64 bits per heavy atom. The minimum atomic E-state index is -1.95. The van der Waals surface area contributed by atoms with E-state index in [0.717, 1.165) is 11.1 Å². The highest BCUT2D eigenvalue weighted by Crippen LogP contribution is 2.47. The van der Waals surface area contributed by atoms with E-state index in [1.54, 1.807) is 42.2 Å². The van der Waals surface area contributed by atoms with Gasteiger partial charge in [0.25, 0.3) is 5.91 Å². The molecule has 1 saturated heterocycles. The van der Waals surface area contributed by atoms with Gasteiger partial charge < -0.3 is 29.5 Å². The molecular weight excluding hydrogens is 566 g/mol. The standard InChI is InChI=1S/C33H39N3O8/c1-22(8-7-11-29(38)36-20-24-10-4-3-9-23(24)18-26(36)21-37)33(42)27-19-25(34-16-17-44-32(34)41)13-14-28(27)35(31(33)40)15-6-5-12-30(39)43-2/h3-4,7-10,13-14,19,22,26,37,42H,5-6,11-12,15-18,20-21H2,1-2H3/b8-7+/t22-,26-,33+/m0/s1. The summed E-state index contributed by atoms with van der Waals surface area (Å²) in [7, 11) is 1.33. The Balaban J connectivity index is 1.35. The molecule has 3 aliphatic heterocycles. The molecule has 1 fully saturated rings. The normalized spacial score (nSPS) is 21.8. The van der Waals surface area contributed by atoms with E-state index in [0.29, 0.717) is 49.3 Å². The predicted molar refractivity (Wildman–Crippen MR) is 162 cm³/mol. The lowest BCUT2D eigenvalue weighted by atomic mass is 9.82. The quantitative estimate of drug-likeness (QED) is 0.227. The number of ether oxygens (including phenoxy) is 2. The fraction of sp³-hybridized carbons (Fsp3) is 0.455. The van der Waals surface area contributed by atoms with Gasteiger partial charge in [0.1, 0.15) is 6.61 Å². The molecule has 3 amide bonds. The van der Waals surface area contributed by atoms with Crippen LogP contribution in [0, 0.1) is 5.92 Å². The van der Waals surface area contributed by atoms with E-state index in [-0.39, 0.29) is 50.5 Å². The molecule has 2 aromatic carbocycles. The Bertz CT molecular complexity index is 1460. The molecule has 0 bridgehead atoms. The van der Waals surface area contributed by atoms with Crippen LogP contribution in [0.15, 0.2) is 54.6 Å². The van der Waals surface area contributed by atoms with E-state index in [2.05, 4.69) is 0 Å². The van der Waals surface area contributed by atoms with E-state index in [4.69, 9.17) is 9.47 Å². The van der Waals surface area contributed by atoms with Crippen molar-refractivity contribution >= 4 is 35.3 Å². The number of carbonyl (C=O) groups is 4. The van der Waals surface area contributed by atoms with Crippen LogP contribution in [0.5, 0.6) is 0 Å². The van der Waals surface area contributed by atoms with Crippen molar-refractivity contribution in [2.24, 2.45) is 5.92 Å². The lowest BCUT2D eigenvalue weighted by Crippen LogP contribution is -2.46. The summed E-state index contributed by atoms with van der Waals surface area (Å²) in [5.74, 6) is -1.72. The summed E-state index contributed by atoms with van der Waals surface area (Å²) in [6, 6.07) is 12.6. The topological polar surface area (TPSA) is 137 Å². The number of fused-ring (bicyclic) bond motifs is 2. The minimum absolute atomic E-state index is 0.0387. The number of cyclic esters (lactones) is 1. The van der Waals surface area contributed by atoms with Crippen LogP contribution in [0.3, 0.4) is 0 Å². The van der Waals surface area contributed by atoms with Crippen LogP contribution in [-0.2, 0) is 42.4 Å². The van der Waals surface area contributed by atoms with Gasteiger partial charge in [-0.25, -0.2) is 4.79 Å². The number of anilines is 2. The Morgan fingerprint density at radius 2 is 1.93 bits per heavy atom. The number of benzene rings is 2. The number of aliphatic hydroxyl groups excluding tert-OH is 1. The first-order valence-electron chi connectivity index (χ1n) is 15.0.